The first kappa shape index (κ1) is 12.4. The summed E-state index contributed by atoms with van der Waals surface area (Å²) in [7, 11) is 1.66. The molecule has 0 heterocycles. The van der Waals surface area contributed by atoms with Crippen molar-refractivity contribution in [1.29, 1.82) is 0 Å². The van der Waals surface area contributed by atoms with Crippen LogP contribution in [0, 0.1) is 0 Å². The fourth-order valence-electron chi connectivity index (χ4n) is 1.76. The lowest BCUT2D eigenvalue weighted by molar-refractivity contribution is -0.162. The topological polar surface area (TPSA) is 81.8 Å². The van der Waals surface area contributed by atoms with Crippen molar-refractivity contribution in [1.82, 2.24) is 0 Å². The van der Waals surface area contributed by atoms with Crippen LogP contribution in [0.15, 0.2) is 0 Å². The number of carbonyl (C=O) groups is 1. The molecule has 0 amide bonds. The molecule has 0 radical (unpaired) electrons. The van der Waals surface area contributed by atoms with Crippen LogP contribution in [0.25, 0.3) is 0 Å². The van der Waals surface area contributed by atoms with Gasteiger partial charge in [-0.05, 0) is 19.3 Å². The number of rotatable bonds is 4. The predicted molar refractivity (Wildman–Crippen MR) is 54.2 cm³/mol. The zero-order chi connectivity index (χ0) is 11.3. The molecule has 0 aliphatic heterocycles. The molecule has 0 aromatic rings. The third kappa shape index (κ3) is 3.77. The van der Waals surface area contributed by atoms with Crippen LogP contribution in [0.3, 0.4) is 0 Å². The molecule has 3 atom stereocenters. The minimum Gasteiger partial charge on any atom is -0.460 e. The number of hydrogen-bond acceptors (Lipinski definition) is 5. The molecule has 1 fully saturated rings. The van der Waals surface area contributed by atoms with Crippen LogP contribution < -0.4 is 5.73 Å². The number of esters is 1. The largest absolute Gasteiger partial charge is 0.460 e. The summed E-state index contributed by atoms with van der Waals surface area (Å²) in [5, 5.41) is 9.15. The Kier molecular flexibility index (Phi) is 5.01. The van der Waals surface area contributed by atoms with Gasteiger partial charge in [-0.15, -0.1) is 0 Å². The van der Waals surface area contributed by atoms with Gasteiger partial charge in [0.2, 0.25) is 0 Å². The molecule has 88 valence electrons. The van der Waals surface area contributed by atoms with Crippen LogP contribution in [0.4, 0.5) is 0 Å². The minimum absolute atomic E-state index is 0.0980. The van der Waals surface area contributed by atoms with Crippen LogP contribution >= 0.6 is 0 Å². The fraction of sp³-hybridized carbons (Fsp3) is 0.900. The Bertz CT molecular complexity index is 210. The second-order valence-corrected chi connectivity index (χ2v) is 3.83. The maximum atomic E-state index is 11.2. The number of nitrogens with two attached hydrogens (primary N) is 1. The van der Waals surface area contributed by atoms with Crippen molar-refractivity contribution in [3.8, 4) is 0 Å². The molecule has 0 saturated heterocycles. The summed E-state index contributed by atoms with van der Waals surface area (Å²) in [6.07, 6.45) is 2.35. The molecular formula is C10H19NO4. The van der Waals surface area contributed by atoms with Crippen molar-refractivity contribution >= 4 is 5.97 Å². The molecule has 2 unspecified atom stereocenters. The highest BCUT2D eigenvalue weighted by molar-refractivity contribution is 5.74. The van der Waals surface area contributed by atoms with E-state index < -0.39 is 12.1 Å². The standard InChI is InChI=1S/C10H19NO4/c1-14-7-3-2-4-8(5-7)15-10(13)9(12)6-11/h7-9,12H,2-6,11H2,1H3/t7?,8?,9-/m0/s1. The zero-order valence-electron chi connectivity index (χ0n) is 9.02. The number of ether oxygens (including phenoxy) is 2. The minimum atomic E-state index is -1.20. The molecule has 0 spiro atoms. The van der Waals surface area contributed by atoms with Gasteiger partial charge in [-0.25, -0.2) is 4.79 Å². The van der Waals surface area contributed by atoms with E-state index in [1.165, 1.54) is 0 Å². The molecule has 15 heavy (non-hydrogen) atoms. The quantitative estimate of drug-likeness (QED) is 0.638. The fourth-order valence-corrected chi connectivity index (χ4v) is 1.76. The zero-order valence-corrected chi connectivity index (χ0v) is 9.02. The molecule has 0 aromatic heterocycles. The number of aliphatic hydroxyl groups is 1. The second-order valence-electron chi connectivity index (χ2n) is 3.83. The van der Waals surface area contributed by atoms with Gasteiger partial charge in [0.15, 0.2) is 6.10 Å². The Hall–Kier alpha value is -0.650. The lowest BCUT2D eigenvalue weighted by atomic mass is 9.95. The normalized spacial score (nSPS) is 28.5. The van der Waals surface area contributed by atoms with Gasteiger partial charge in [-0.3, -0.25) is 0 Å². The third-order valence-electron chi connectivity index (χ3n) is 2.69. The number of hydrogen-bond donors (Lipinski definition) is 2. The van der Waals surface area contributed by atoms with Gasteiger partial charge in [0.05, 0.1) is 6.10 Å². The summed E-state index contributed by atoms with van der Waals surface area (Å²) in [6.45, 7) is -0.0980. The van der Waals surface area contributed by atoms with E-state index in [1.54, 1.807) is 7.11 Å². The van der Waals surface area contributed by atoms with Crippen LogP contribution in [0.1, 0.15) is 25.7 Å². The summed E-state index contributed by atoms with van der Waals surface area (Å²) in [5.41, 5.74) is 5.16. The third-order valence-corrected chi connectivity index (χ3v) is 2.69. The summed E-state index contributed by atoms with van der Waals surface area (Å²) in [5.74, 6) is -0.626. The number of carbonyl (C=O) groups excluding carboxylic acids is 1. The van der Waals surface area contributed by atoms with E-state index in [2.05, 4.69) is 0 Å². The first-order valence-corrected chi connectivity index (χ1v) is 5.28. The summed E-state index contributed by atoms with van der Waals surface area (Å²) >= 11 is 0. The molecule has 3 N–H and O–H groups in total. The smallest absolute Gasteiger partial charge is 0.336 e. The molecule has 1 aliphatic rings. The summed E-state index contributed by atoms with van der Waals surface area (Å²) in [4.78, 5) is 11.2. The van der Waals surface area contributed by atoms with Crippen LogP contribution in [0.5, 0.6) is 0 Å². The Morgan fingerprint density at radius 2 is 2.20 bits per heavy atom. The van der Waals surface area contributed by atoms with Gasteiger partial charge in [0, 0.05) is 20.1 Å². The van der Waals surface area contributed by atoms with Gasteiger partial charge < -0.3 is 20.3 Å². The SMILES string of the molecule is COC1CCCC(OC(=O)[C@@H](O)CN)C1. The van der Waals surface area contributed by atoms with E-state index in [0.29, 0.717) is 6.42 Å². The van der Waals surface area contributed by atoms with Crippen molar-refractivity contribution < 1.29 is 19.4 Å². The maximum absolute atomic E-state index is 11.2. The highest BCUT2D eigenvalue weighted by Gasteiger charge is 2.26. The highest BCUT2D eigenvalue weighted by atomic mass is 16.6. The predicted octanol–water partition coefficient (Wildman–Crippen LogP) is -0.193. The Balaban J connectivity index is 2.34. The average molecular weight is 217 g/mol. The molecule has 1 aliphatic carbocycles. The van der Waals surface area contributed by atoms with Crippen molar-refractivity contribution in [3.63, 3.8) is 0 Å². The van der Waals surface area contributed by atoms with Gasteiger partial charge in [0.1, 0.15) is 6.10 Å². The molecule has 1 saturated carbocycles. The van der Waals surface area contributed by atoms with E-state index in [-0.39, 0.29) is 18.8 Å². The Morgan fingerprint density at radius 3 is 2.80 bits per heavy atom. The maximum Gasteiger partial charge on any atom is 0.336 e. The first-order chi connectivity index (χ1) is 7.17. The van der Waals surface area contributed by atoms with Gasteiger partial charge in [0.25, 0.3) is 0 Å². The molecule has 1 rings (SSSR count). The van der Waals surface area contributed by atoms with E-state index in [4.69, 9.17) is 20.3 Å². The van der Waals surface area contributed by atoms with Gasteiger partial charge in [-0.1, -0.05) is 0 Å². The second kappa shape index (κ2) is 6.05. The van der Waals surface area contributed by atoms with Crippen molar-refractivity contribution in [2.45, 2.75) is 44.0 Å². The molecular weight excluding hydrogens is 198 g/mol. The van der Waals surface area contributed by atoms with Gasteiger partial charge >= 0.3 is 5.97 Å². The lowest BCUT2D eigenvalue weighted by Gasteiger charge is -2.28. The lowest BCUT2D eigenvalue weighted by Crippen LogP contribution is -2.36. The number of aliphatic hydroxyl groups excluding tert-OH is 1. The highest BCUT2D eigenvalue weighted by Crippen LogP contribution is 2.23. The van der Waals surface area contributed by atoms with Gasteiger partial charge in [-0.2, -0.15) is 0 Å². The number of methoxy groups -OCH3 is 1. The van der Waals surface area contributed by atoms with Crippen molar-refractivity contribution in [3.05, 3.63) is 0 Å². The Morgan fingerprint density at radius 1 is 1.53 bits per heavy atom. The monoisotopic (exact) mass is 217 g/mol. The van der Waals surface area contributed by atoms with Crippen LogP contribution in [-0.4, -0.2) is 43.0 Å². The van der Waals surface area contributed by atoms with E-state index in [1.807, 2.05) is 0 Å². The summed E-state index contributed by atoms with van der Waals surface area (Å²) < 4.78 is 10.3. The van der Waals surface area contributed by atoms with Crippen LogP contribution in [0.2, 0.25) is 0 Å². The average Bonchev–Trinajstić information content (AvgIpc) is 2.28. The first-order valence-electron chi connectivity index (χ1n) is 5.28. The summed E-state index contributed by atoms with van der Waals surface area (Å²) in [6, 6.07) is 0. The Labute approximate surface area is 89.5 Å². The molecule has 5 nitrogen and oxygen atoms in total. The van der Waals surface area contributed by atoms with Crippen molar-refractivity contribution in [2.24, 2.45) is 5.73 Å². The van der Waals surface area contributed by atoms with E-state index in [9.17, 15) is 4.79 Å². The molecule has 0 bridgehead atoms. The molecule has 5 heteroatoms. The molecule has 0 aromatic carbocycles. The van der Waals surface area contributed by atoms with E-state index in [0.717, 1.165) is 19.3 Å². The van der Waals surface area contributed by atoms with Crippen LogP contribution in [-0.2, 0) is 14.3 Å². The van der Waals surface area contributed by atoms with E-state index >= 15 is 0 Å². The van der Waals surface area contributed by atoms with Crippen molar-refractivity contribution in [2.75, 3.05) is 13.7 Å².